The Morgan fingerprint density at radius 2 is 1.70 bits per heavy atom. The third-order valence-corrected chi connectivity index (χ3v) is 5.66. The fourth-order valence-electron chi connectivity index (χ4n) is 3.40. The zero-order valence-corrected chi connectivity index (χ0v) is 16.9. The van der Waals surface area contributed by atoms with Crippen LogP contribution in [0.3, 0.4) is 0 Å². The number of rotatable bonds is 4. The van der Waals surface area contributed by atoms with E-state index in [1.54, 1.807) is 6.92 Å². The van der Waals surface area contributed by atoms with Crippen molar-refractivity contribution in [2.45, 2.75) is 6.92 Å². The third kappa shape index (κ3) is 3.38. The maximum absolute atomic E-state index is 13.0. The number of nitrogens with one attached hydrogen (secondary N) is 1. The van der Waals surface area contributed by atoms with Gasteiger partial charge in [-0.25, -0.2) is 4.98 Å². The summed E-state index contributed by atoms with van der Waals surface area (Å²) >= 11 is 1.39. The lowest BCUT2D eigenvalue weighted by atomic mass is 10.1. The van der Waals surface area contributed by atoms with Gasteiger partial charge in [-0.2, -0.15) is 0 Å². The minimum atomic E-state index is -0.285. The van der Waals surface area contributed by atoms with E-state index in [2.05, 4.69) is 39.7 Å². The van der Waals surface area contributed by atoms with Gasteiger partial charge < -0.3 is 4.52 Å². The van der Waals surface area contributed by atoms with Crippen LogP contribution in [0.25, 0.3) is 33.3 Å². The van der Waals surface area contributed by atoms with E-state index in [4.69, 9.17) is 4.52 Å². The molecule has 0 atom stereocenters. The van der Waals surface area contributed by atoms with Gasteiger partial charge in [0.2, 0.25) is 0 Å². The smallest absolute Gasteiger partial charge is 0.263 e. The molecule has 2 heterocycles. The zero-order valence-electron chi connectivity index (χ0n) is 16.1. The molecule has 1 N–H and O–H groups in total. The van der Waals surface area contributed by atoms with Crippen molar-refractivity contribution in [3.05, 3.63) is 89.5 Å². The van der Waals surface area contributed by atoms with E-state index in [9.17, 15) is 4.79 Å². The maximum Gasteiger partial charge on any atom is 0.263 e. The van der Waals surface area contributed by atoms with Crippen molar-refractivity contribution in [3.8, 4) is 22.5 Å². The molecule has 0 unspecified atom stereocenters. The fourth-order valence-corrected chi connectivity index (χ4v) is 4.12. The minimum absolute atomic E-state index is 0.285. The van der Waals surface area contributed by atoms with Gasteiger partial charge in [-0.3, -0.25) is 10.1 Å². The number of carbonyl (C=O) groups is 1. The summed E-state index contributed by atoms with van der Waals surface area (Å²) in [5.41, 5.74) is 3.61. The van der Waals surface area contributed by atoms with Crippen LogP contribution < -0.4 is 5.32 Å². The number of carbonyl (C=O) groups excluding carboxylic acids is 1. The molecule has 146 valence electrons. The van der Waals surface area contributed by atoms with Crippen LogP contribution in [0, 0.1) is 6.92 Å². The molecule has 0 fully saturated rings. The molecule has 6 heteroatoms. The summed E-state index contributed by atoms with van der Waals surface area (Å²) in [7, 11) is 0. The average Bonchev–Trinajstić information content (AvgIpc) is 3.40. The largest absolute Gasteiger partial charge is 0.360 e. The van der Waals surface area contributed by atoms with Crippen LogP contribution in [0.2, 0.25) is 0 Å². The van der Waals surface area contributed by atoms with Crippen LogP contribution in [-0.4, -0.2) is 16.0 Å². The number of benzene rings is 3. The van der Waals surface area contributed by atoms with Gasteiger partial charge in [0.25, 0.3) is 5.91 Å². The quantitative estimate of drug-likeness (QED) is 0.383. The third-order valence-electron chi connectivity index (χ3n) is 4.91. The summed E-state index contributed by atoms with van der Waals surface area (Å²) in [6.07, 6.45) is 0. The Morgan fingerprint density at radius 3 is 2.53 bits per heavy atom. The van der Waals surface area contributed by atoms with Crippen molar-refractivity contribution >= 4 is 33.1 Å². The Morgan fingerprint density at radius 1 is 0.933 bits per heavy atom. The first-order valence-corrected chi connectivity index (χ1v) is 10.3. The van der Waals surface area contributed by atoms with Gasteiger partial charge in [0.1, 0.15) is 17.0 Å². The Hall–Kier alpha value is -3.77. The highest BCUT2D eigenvalue weighted by molar-refractivity contribution is 7.14. The Labute approximate surface area is 177 Å². The van der Waals surface area contributed by atoms with Crippen molar-refractivity contribution in [2.24, 2.45) is 0 Å². The molecule has 5 rings (SSSR count). The molecule has 0 bridgehead atoms. The number of anilines is 1. The first-order valence-electron chi connectivity index (χ1n) is 9.47. The van der Waals surface area contributed by atoms with E-state index in [1.807, 2.05) is 53.9 Å². The maximum atomic E-state index is 13.0. The Balaban J connectivity index is 1.42. The summed E-state index contributed by atoms with van der Waals surface area (Å²) in [6.45, 7) is 1.73. The lowest BCUT2D eigenvalue weighted by Gasteiger charge is -2.03. The van der Waals surface area contributed by atoms with Crippen molar-refractivity contribution in [1.29, 1.82) is 0 Å². The topological polar surface area (TPSA) is 68.0 Å². The molecule has 1 amide bonds. The van der Waals surface area contributed by atoms with E-state index in [0.717, 1.165) is 22.2 Å². The van der Waals surface area contributed by atoms with Crippen LogP contribution >= 0.6 is 11.3 Å². The molecule has 5 nitrogen and oxygen atoms in total. The SMILES string of the molecule is Cc1onc(-c2ccccc2)c1C(=O)Nc1nc(-c2ccc3ccccc3c2)cs1. The summed E-state index contributed by atoms with van der Waals surface area (Å²) in [5.74, 6) is 0.185. The average molecular weight is 411 g/mol. The zero-order chi connectivity index (χ0) is 20.5. The van der Waals surface area contributed by atoms with Gasteiger partial charge in [-0.05, 0) is 23.8 Å². The molecule has 2 aromatic heterocycles. The van der Waals surface area contributed by atoms with E-state index in [1.165, 1.54) is 16.7 Å². The number of thiazole rings is 1. The van der Waals surface area contributed by atoms with E-state index in [-0.39, 0.29) is 5.91 Å². The number of hydrogen-bond donors (Lipinski definition) is 1. The molecule has 0 aliphatic rings. The predicted octanol–water partition coefficient (Wildman–Crippen LogP) is 6.18. The number of amides is 1. The molecule has 0 saturated heterocycles. The second kappa shape index (κ2) is 7.57. The molecule has 0 saturated carbocycles. The lowest BCUT2D eigenvalue weighted by molar-refractivity contribution is 0.102. The molecule has 0 aliphatic heterocycles. The Bertz CT molecular complexity index is 1360. The summed E-state index contributed by atoms with van der Waals surface area (Å²) in [4.78, 5) is 17.6. The van der Waals surface area contributed by atoms with Gasteiger partial charge in [0.15, 0.2) is 5.13 Å². The van der Waals surface area contributed by atoms with E-state index in [0.29, 0.717) is 22.1 Å². The van der Waals surface area contributed by atoms with Gasteiger partial charge in [-0.1, -0.05) is 71.9 Å². The van der Waals surface area contributed by atoms with Gasteiger partial charge >= 0.3 is 0 Å². The highest BCUT2D eigenvalue weighted by Gasteiger charge is 2.22. The molecular formula is C24H17N3O2S. The monoisotopic (exact) mass is 411 g/mol. The molecule has 0 spiro atoms. The van der Waals surface area contributed by atoms with Gasteiger partial charge in [-0.15, -0.1) is 11.3 Å². The van der Waals surface area contributed by atoms with Crippen molar-refractivity contribution < 1.29 is 9.32 Å². The fraction of sp³-hybridized carbons (Fsp3) is 0.0417. The van der Waals surface area contributed by atoms with Crippen LogP contribution in [0.1, 0.15) is 16.1 Å². The molecule has 0 radical (unpaired) electrons. The summed E-state index contributed by atoms with van der Waals surface area (Å²) < 4.78 is 5.30. The van der Waals surface area contributed by atoms with Crippen LogP contribution in [0.4, 0.5) is 5.13 Å². The number of aryl methyl sites for hydroxylation is 1. The first-order chi connectivity index (χ1) is 14.7. The highest BCUT2D eigenvalue weighted by atomic mass is 32.1. The summed E-state index contributed by atoms with van der Waals surface area (Å²) in [5, 5.41) is 11.8. The normalized spacial score (nSPS) is 11.0. The second-order valence-corrected chi connectivity index (χ2v) is 7.74. The van der Waals surface area contributed by atoms with E-state index >= 15 is 0 Å². The summed E-state index contributed by atoms with van der Waals surface area (Å²) in [6, 6.07) is 23.9. The number of aromatic nitrogens is 2. The predicted molar refractivity (Wildman–Crippen MR) is 120 cm³/mol. The highest BCUT2D eigenvalue weighted by Crippen LogP contribution is 2.30. The number of hydrogen-bond acceptors (Lipinski definition) is 5. The van der Waals surface area contributed by atoms with Crippen molar-refractivity contribution in [1.82, 2.24) is 10.1 Å². The first kappa shape index (κ1) is 18.3. The van der Waals surface area contributed by atoms with Crippen molar-refractivity contribution in [3.63, 3.8) is 0 Å². The van der Waals surface area contributed by atoms with E-state index < -0.39 is 0 Å². The molecule has 30 heavy (non-hydrogen) atoms. The molecular weight excluding hydrogens is 394 g/mol. The number of fused-ring (bicyclic) bond motifs is 1. The van der Waals surface area contributed by atoms with Gasteiger partial charge in [0, 0.05) is 16.5 Å². The Kier molecular flexibility index (Phi) is 4.61. The molecule has 0 aliphatic carbocycles. The standard InChI is InChI=1S/C24H17N3O2S/c1-15-21(22(27-29-15)17-8-3-2-4-9-17)23(28)26-24-25-20(14-30-24)19-12-11-16-7-5-6-10-18(16)13-19/h2-14H,1H3,(H,25,26,28). The second-order valence-electron chi connectivity index (χ2n) is 6.88. The minimum Gasteiger partial charge on any atom is -0.360 e. The van der Waals surface area contributed by atoms with Crippen molar-refractivity contribution in [2.75, 3.05) is 5.32 Å². The molecule has 5 aromatic rings. The van der Waals surface area contributed by atoms with Crippen LogP contribution in [0.15, 0.2) is 82.7 Å². The van der Waals surface area contributed by atoms with Gasteiger partial charge in [0.05, 0.1) is 5.69 Å². The van der Waals surface area contributed by atoms with Crippen LogP contribution in [-0.2, 0) is 0 Å². The lowest BCUT2D eigenvalue weighted by Crippen LogP contribution is -2.13. The number of nitrogens with zero attached hydrogens (tertiary/aromatic N) is 2. The van der Waals surface area contributed by atoms with Crippen LogP contribution in [0.5, 0.6) is 0 Å². The molecule has 3 aromatic carbocycles.